The third kappa shape index (κ3) is 4.59. The smallest absolute Gasteiger partial charge is 0.267 e. The lowest BCUT2D eigenvalue weighted by Crippen LogP contribution is -2.29. The molecule has 4 aromatic rings. The number of nitrogens with zero attached hydrogens (tertiary/aromatic N) is 2. The number of benzene rings is 2. The van der Waals surface area contributed by atoms with E-state index in [1.165, 1.54) is 17.4 Å². The Labute approximate surface area is 171 Å². The van der Waals surface area contributed by atoms with Crippen molar-refractivity contribution in [3.05, 3.63) is 94.6 Å². The van der Waals surface area contributed by atoms with Crippen LogP contribution in [-0.2, 0) is 11.3 Å². The van der Waals surface area contributed by atoms with Gasteiger partial charge in [-0.2, -0.15) is 5.10 Å². The molecule has 0 unspecified atom stereocenters. The summed E-state index contributed by atoms with van der Waals surface area (Å²) < 4.78 is 7.01. The predicted molar refractivity (Wildman–Crippen MR) is 113 cm³/mol. The van der Waals surface area contributed by atoms with Crippen molar-refractivity contribution in [2.75, 3.05) is 5.32 Å². The fraction of sp³-hybridized carbons (Fsp3) is 0.0455. The molecule has 0 aliphatic carbocycles. The van der Waals surface area contributed by atoms with Crippen LogP contribution >= 0.6 is 11.3 Å². The number of ether oxygens (including phenoxy) is 1. The first kappa shape index (κ1) is 18.6. The minimum Gasteiger partial charge on any atom is -0.455 e. The Balaban J connectivity index is 1.51. The summed E-state index contributed by atoms with van der Waals surface area (Å²) in [6.07, 6.45) is 0. The van der Waals surface area contributed by atoms with E-state index in [0.29, 0.717) is 22.9 Å². The van der Waals surface area contributed by atoms with Crippen LogP contribution < -0.4 is 15.6 Å². The summed E-state index contributed by atoms with van der Waals surface area (Å²) in [6, 6.07) is 23.3. The Morgan fingerprint density at radius 3 is 2.55 bits per heavy atom. The highest BCUT2D eigenvalue weighted by atomic mass is 32.1. The molecular formula is C22H17N3O3S. The van der Waals surface area contributed by atoms with Gasteiger partial charge in [-0.05, 0) is 41.8 Å². The normalized spacial score (nSPS) is 10.5. The number of rotatable bonds is 6. The second kappa shape index (κ2) is 8.53. The largest absolute Gasteiger partial charge is 0.455 e. The van der Waals surface area contributed by atoms with Crippen LogP contribution in [0.5, 0.6) is 11.5 Å². The van der Waals surface area contributed by atoms with Gasteiger partial charge in [0.25, 0.3) is 5.56 Å². The Bertz CT molecular complexity index is 1170. The fourth-order valence-electron chi connectivity index (χ4n) is 2.72. The maximum atomic E-state index is 12.6. The quantitative estimate of drug-likeness (QED) is 0.518. The highest BCUT2D eigenvalue weighted by molar-refractivity contribution is 7.13. The zero-order valence-corrected chi connectivity index (χ0v) is 16.1. The van der Waals surface area contributed by atoms with Crippen LogP contribution in [0.25, 0.3) is 10.6 Å². The van der Waals surface area contributed by atoms with E-state index in [4.69, 9.17) is 4.74 Å². The molecule has 4 rings (SSSR count). The second-order valence-electron chi connectivity index (χ2n) is 6.15. The first-order chi connectivity index (χ1) is 14.2. The first-order valence-corrected chi connectivity index (χ1v) is 9.81. The molecule has 2 aromatic carbocycles. The van der Waals surface area contributed by atoms with Gasteiger partial charge < -0.3 is 10.1 Å². The lowest BCUT2D eigenvalue weighted by molar-refractivity contribution is -0.117. The average Bonchev–Trinajstić information content (AvgIpc) is 3.27. The van der Waals surface area contributed by atoms with Crippen LogP contribution in [0.1, 0.15) is 0 Å². The van der Waals surface area contributed by atoms with Crippen molar-refractivity contribution in [1.82, 2.24) is 9.78 Å². The van der Waals surface area contributed by atoms with E-state index in [-0.39, 0.29) is 18.0 Å². The molecule has 0 spiro atoms. The predicted octanol–water partition coefficient (Wildman–Crippen LogP) is 4.40. The van der Waals surface area contributed by atoms with E-state index >= 15 is 0 Å². The van der Waals surface area contributed by atoms with Gasteiger partial charge in [0.2, 0.25) is 5.91 Å². The van der Waals surface area contributed by atoms with E-state index in [1.54, 1.807) is 24.3 Å². The summed E-state index contributed by atoms with van der Waals surface area (Å²) >= 11 is 1.52. The van der Waals surface area contributed by atoms with Crippen molar-refractivity contribution in [3.8, 4) is 22.1 Å². The summed E-state index contributed by atoms with van der Waals surface area (Å²) in [5.41, 5.74) is 0.832. The number of para-hydroxylation sites is 3. The van der Waals surface area contributed by atoms with E-state index in [1.807, 2.05) is 53.9 Å². The molecule has 1 N–H and O–H groups in total. The number of hydrogen-bond donors (Lipinski definition) is 1. The Morgan fingerprint density at radius 1 is 0.966 bits per heavy atom. The molecule has 0 aliphatic heterocycles. The molecule has 0 atom stereocenters. The number of nitrogens with one attached hydrogen (secondary N) is 1. The minimum absolute atomic E-state index is 0.197. The first-order valence-electron chi connectivity index (χ1n) is 8.93. The lowest BCUT2D eigenvalue weighted by Gasteiger charge is -2.12. The average molecular weight is 403 g/mol. The molecule has 7 heteroatoms. The zero-order valence-electron chi connectivity index (χ0n) is 15.3. The molecule has 0 bridgehead atoms. The van der Waals surface area contributed by atoms with Crippen LogP contribution in [0.2, 0.25) is 0 Å². The van der Waals surface area contributed by atoms with Gasteiger partial charge in [0.15, 0.2) is 5.75 Å². The van der Waals surface area contributed by atoms with Crippen molar-refractivity contribution in [2.24, 2.45) is 0 Å². The number of carbonyl (C=O) groups is 1. The van der Waals surface area contributed by atoms with Crippen molar-refractivity contribution < 1.29 is 9.53 Å². The van der Waals surface area contributed by atoms with Crippen molar-refractivity contribution in [2.45, 2.75) is 6.54 Å². The highest BCUT2D eigenvalue weighted by Crippen LogP contribution is 2.29. The van der Waals surface area contributed by atoms with E-state index in [0.717, 1.165) is 9.56 Å². The van der Waals surface area contributed by atoms with Crippen LogP contribution in [0.15, 0.2) is 89.0 Å². The molecule has 0 radical (unpaired) electrons. The number of aromatic nitrogens is 2. The van der Waals surface area contributed by atoms with Crippen LogP contribution in [0, 0.1) is 0 Å². The highest BCUT2D eigenvalue weighted by Gasteiger charge is 2.12. The van der Waals surface area contributed by atoms with E-state index < -0.39 is 0 Å². The third-order valence-corrected chi connectivity index (χ3v) is 4.96. The molecule has 0 saturated carbocycles. The van der Waals surface area contributed by atoms with Gasteiger partial charge in [-0.25, -0.2) is 4.68 Å². The Kier molecular flexibility index (Phi) is 5.49. The molecule has 0 aliphatic rings. The van der Waals surface area contributed by atoms with E-state index in [9.17, 15) is 9.59 Å². The summed E-state index contributed by atoms with van der Waals surface area (Å²) in [4.78, 5) is 25.6. The molecule has 6 nitrogen and oxygen atoms in total. The van der Waals surface area contributed by atoms with Crippen LogP contribution in [0.3, 0.4) is 0 Å². The Hall–Kier alpha value is -3.71. The number of amides is 1. The van der Waals surface area contributed by atoms with Crippen molar-refractivity contribution in [1.29, 1.82) is 0 Å². The van der Waals surface area contributed by atoms with Gasteiger partial charge in [0.05, 0.1) is 10.6 Å². The molecule has 144 valence electrons. The maximum Gasteiger partial charge on any atom is 0.267 e. The number of anilines is 1. The molecular weight excluding hydrogens is 386 g/mol. The number of carbonyl (C=O) groups excluding carboxylic acids is 1. The van der Waals surface area contributed by atoms with Crippen molar-refractivity contribution in [3.63, 3.8) is 0 Å². The number of hydrogen-bond acceptors (Lipinski definition) is 5. The van der Waals surface area contributed by atoms with Gasteiger partial charge in [-0.15, -0.1) is 11.3 Å². The molecule has 0 saturated heterocycles. The van der Waals surface area contributed by atoms with Crippen LogP contribution in [-0.4, -0.2) is 15.7 Å². The van der Waals surface area contributed by atoms with Gasteiger partial charge >= 0.3 is 0 Å². The maximum absolute atomic E-state index is 12.6. The van der Waals surface area contributed by atoms with Gasteiger partial charge in [0.1, 0.15) is 18.0 Å². The molecule has 2 aromatic heterocycles. The minimum atomic E-state index is -0.368. The lowest BCUT2D eigenvalue weighted by atomic mass is 10.3. The van der Waals surface area contributed by atoms with Gasteiger partial charge in [-0.1, -0.05) is 36.4 Å². The number of thiophene rings is 1. The monoisotopic (exact) mass is 403 g/mol. The summed E-state index contributed by atoms with van der Waals surface area (Å²) in [5, 5.41) is 9.04. The van der Waals surface area contributed by atoms with Crippen molar-refractivity contribution >= 4 is 22.9 Å². The summed E-state index contributed by atoms with van der Waals surface area (Å²) in [6.45, 7) is -0.197. The molecule has 2 heterocycles. The second-order valence-corrected chi connectivity index (χ2v) is 7.10. The standard InChI is InChI=1S/C22H17N3O3S/c26-21(15-25-22(27)13-12-18(24-25)20-11-6-14-29-20)23-17-9-4-5-10-19(17)28-16-7-2-1-3-8-16/h1-14H,15H2,(H,23,26). The molecule has 0 fully saturated rings. The molecule has 29 heavy (non-hydrogen) atoms. The van der Waals surface area contributed by atoms with Gasteiger partial charge in [0, 0.05) is 6.07 Å². The van der Waals surface area contributed by atoms with Crippen LogP contribution in [0.4, 0.5) is 5.69 Å². The summed E-state index contributed by atoms with van der Waals surface area (Å²) in [7, 11) is 0. The van der Waals surface area contributed by atoms with Gasteiger partial charge in [-0.3, -0.25) is 9.59 Å². The zero-order chi connectivity index (χ0) is 20.1. The van der Waals surface area contributed by atoms with E-state index in [2.05, 4.69) is 10.4 Å². The molecule has 1 amide bonds. The Morgan fingerprint density at radius 2 is 1.76 bits per heavy atom. The summed E-state index contributed by atoms with van der Waals surface area (Å²) in [5.74, 6) is 0.808. The third-order valence-electron chi connectivity index (χ3n) is 4.07. The fourth-order valence-corrected chi connectivity index (χ4v) is 3.41. The topological polar surface area (TPSA) is 73.2 Å². The SMILES string of the molecule is O=C(Cn1nc(-c2cccs2)ccc1=O)Nc1ccccc1Oc1ccccc1.